The molecule has 2 aliphatic rings. The highest BCUT2D eigenvalue weighted by molar-refractivity contribution is 5.89. The highest BCUT2D eigenvalue weighted by Gasteiger charge is 2.27. The third-order valence-corrected chi connectivity index (χ3v) is 5.82. The van der Waals surface area contributed by atoms with E-state index in [-0.39, 0.29) is 0 Å². The van der Waals surface area contributed by atoms with Crippen LogP contribution in [0.5, 0.6) is 0 Å². The van der Waals surface area contributed by atoms with Gasteiger partial charge in [-0.15, -0.1) is 0 Å². The third kappa shape index (κ3) is 4.37. The van der Waals surface area contributed by atoms with Gasteiger partial charge in [-0.1, -0.05) is 6.07 Å². The fraction of sp³-hybridized carbons (Fsp3) is 0.571. The van der Waals surface area contributed by atoms with Gasteiger partial charge in [0.15, 0.2) is 0 Å². The van der Waals surface area contributed by atoms with E-state index < -0.39 is 0 Å². The standard InChI is InChI=1S/C21H27N5O/c22-9-1-2-16-3-8-20-19(14-16)21(24-15-23-20)25-17-4-6-18(7-5-17)26-10-12-27-13-11-26/h3,8,14-15,17-18H,1-2,4-7,10-13H2,(H,23,24,25)/t17-,18-. The van der Waals surface area contributed by atoms with Gasteiger partial charge >= 0.3 is 0 Å². The SMILES string of the molecule is N#CCCc1ccc2ncnc(N[C@H]3CC[C@H](N4CCOCC4)CC3)c2c1. The summed E-state index contributed by atoms with van der Waals surface area (Å²) in [6.07, 6.45) is 7.74. The van der Waals surface area contributed by atoms with Crippen LogP contribution in [0.1, 0.15) is 37.7 Å². The number of nitrogens with zero attached hydrogens (tertiary/aromatic N) is 4. The van der Waals surface area contributed by atoms with Crippen molar-refractivity contribution in [2.75, 3.05) is 31.6 Å². The van der Waals surface area contributed by atoms with Crippen molar-refractivity contribution in [3.05, 3.63) is 30.1 Å². The van der Waals surface area contributed by atoms with E-state index in [9.17, 15) is 0 Å². The maximum absolute atomic E-state index is 8.83. The zero-order valence-corrected chi connectivity index (χ0v) is 15.7. The van der Waals surface area contributed by atoms with Crippen molar-refractivity contribution in [2.24, 2.45) is 0 Å². The molecule has 0 unspecified atom stereocenters. The molecule has 142 valence electrons. The number of anilines is 1. The maximum Gasteiger partial charge on any atom is 0.137 e. The first kappa shape index (κ1) is 18.1. The van der Waals surface area contributed by atoms with E-state index in [1.807, 2.05) is 6.07 Å². The summed E-state index contributed by atoms with van der Waals surface area (Å²) < 4.78 is 5.48. The van der Waals surface area contributed by atoms with Crippen molar-refractivity contribution in [2.45, 2.75) is 50.6 Å². The molecule has 0 atom stereocenters. The lowest BCUT2D eigenvalue weighted by atomic mass is 9.90. The minimum absolute atomic E-state index is 0.461. The summed E-state index contributed by atoms with van der Waals surface area (Å²) in [5.74, 6) is 0.925. The minimum Gasteiger partial charge on any atom is -0.379 e. The van der Waals surface area contributed by atoms with E-state index in [0.29, 0.717) is 18.5 Å². The number of nitriles is 1. The molecule has 0 spiro atoms. The summed E-state index contributed by atoms with van der Waals surface area (Å²) in [7, 11) is 0. The summed E-state index contributed by atoms with van der Waals surface area (Å²) in [6, 6.07) is 9.60. The van der Waals surface area contributed by atoms with Crippen LogP contribution in [0.15, 0.2) is 24.5 Å². The van der Waals surface area contributed by atoms with E-state index in [4.69, 9.17) is 10.00 Å². The Morgan fingerprint density at radius 1 is 1.15 bits per heavy atom. The molecule has 6 nitrogen and oxygen atoms in total. The van der Waals surface area contributed by atoms with Crippen LogP contribution < -0.4 is 5.32 Å². The van der Waals surface area contributed by atoms with Gasteiger partial charge in [0.25, 0.3) is 0 Å². The van der Waals surface area contributed by atoms with Crippen LogP contribution in [-0.4, -0.2) is 53.3 Å². The van der Waals surface area contributed by atoms with Gasteiger partial charge in [-0.25, -0.2) is 9.97 Å². The lowest BCUT2D eigenvalue weighted by Gasteiger charge is -2.39. The largest absolute Gasteiger partial charge is 0.379 e. The van der Waals surface area contributed by atoms with Gasteiger partial charge in [0.2, 0.25) is 0 Å². The molecule has 0 bridgehead atoms. The van der Waals surface area contributed by atoms with Gasteiger partial charge < -0.3 is 10.1 Å². The molecule has 1 aromatic heterocycles. The molecule has 1 aliphatic heterocycles. The average molecular weight is 365 g/mol. The van der Waals surface area contributed by atoms with Crippen molar-refractivity contribution in [1.82, 2.24) is 14.9 Å². The fourth-order valence-electron chi connectivity index (χ4n) is 4.30. The molecule has 1 aromatic carbocycles. The van der Waals surface area contributed by atoms with Crippen molar-refractivity contribution < 1.29 is 4.74 Å². The summed E-state index contributed by atoms with van der Waals surface area (Å²) in [6.45, 7) is 3.90. The summed E-state index contributed by atoms with van der Waals surface area (Å²) in [5, 5.41) is 13.6. The molecule has 2 fully saturated rings. The summed E-state index contributed by atoms with van der Waals surface area (Å²) in [5.41, 5.74) is 2.12. The Kier molecular flexibility index (Phi) is 5.81. The molecule has 4 rings (SSSR count). The summed E-state index contributed by atoms with van der Waals surface area (Å²) in [4.78, 5) is 11.5. The lowest BCUT2D eigenvalue weighted by Crippen LogP contribution is -2.46. The second-order valence-electron chi connectivity index (χ2n) is 7.53. The van der Waals surface area contributed by atoms with Crippen molar-refractivity contribution >= 4 is 16.7 Å². The quantitative estimate of drug-likeness (QED) is 0.877. The van der Waals surface area contributed by atoms with Gasteiger partial charge in [0.1, 0.15) is 12.1 Å². The number of aromatic nitrogens is 2. The smallest absolute Gasteiger partial charge is 0.137 e. The van der Waals surface area contributed by atoms with Gasteiger partial charge in [-0.3, -0.25) is 4.90 Å². The molecule has 1 saturated carbocycles. The predicted octanol–water partition coefficient (Wildman–Crippen LogP) is 3.14. The Morgan fingerprint density at radius 3 is 2.74 bits per heavy atom. The van der Waals surface area contributed by atoms with Crippen LogP contribution in [0.4, 0.5) is 5.82 Å². The monoisotopic (exact) mass is 365 g/mol. The van der Waals surface area contributed by atoms with Crippen LogP contribution in [-0.2, 0) is 11.2 Å². The maximum atomic E-state index is 8.83. The Bertz CT molecular complexity index is 804. The normalized spacial score (nSPS) is 23.8. The highest BCUT2D eigenvalue weighted by atomic mass is 16.5. The highest BCUT2D eigenvalue weighted by Crippen LogP contribution is 2.28. The first-order valence-corrected chi connectivity index (χ1v) is 10.0. The molecule has 0 radical (unpaired) electrons. The Hall–Kier alpha value is -2.23. The average Bonchev–Trinajstić information content (AvgIpc) is 2.74. The van der Waals surface area contributed by atoms with Crippen molar-refractivity contribution in [3.8, 4) is 6.07 Å². The zero-order chi connectivity index (χ0) is 18.5. The van der Waals surface area contributed by atoms with Gasteiger partial charge in [0.05, 0.1) is 24.8 Å². The van der Waals surface area contributed by atoms with E-state index in [2.05, 4.69) is 38.4 Å². The van der Waals surface area contributed by atoms with E-state index in [0.717, 1.165) is 55.0 Å². The molecule has 6 heteroatoms. The molecule has 1 N–H and O–H groups in total. The van der Waals surface area contributed by atoms with Gasteiger partial charge in [0, 0.05) is 37.0 Å². The minimum atomic E-state index is 0.461. The van der Waals surface area contributed by atoms with E-state index in [1.165, 1.54) is 25.7 Å². The number of aryl methyl sites for hydroxylation is 1. The van der Waals surface area contributed by atoms with Gasteiger partial charge in [-0.05, 0) is 49.8 Å². The van der Waals surface area contributed by atoms with E-state index >= 15 is 0 Å². The second kappa shape index (κ2) is 8.64. The number of rotatable bonds is 5. The van der Waals surface area contributed by atoms with Crippen molar-refractivity contribution in [1.29, 1.82) is 5.26 Å². The molecule has 2 heterocycles. The van der Waals surface area contributed by atoms with Crippen LogP contribution in [0.25, 0.3) is 10.9 Å². The molecule has 1 aliphatic carbocycles. The third-order valence-electron chi connectivity index (χ3n) is 5.82. The Morgan fingerprint density at radius 2 is 1.96 bits per heavy atom. The van der Waals surface area contributed by atoms with Crippen LogP contribution >= 0.6 is 0 Å². The number of fused-ring (bicyclic) bond motifs is 1. The Balaban J connectivity index is 1.42. The van der Waals surface area contributed by atoms with Gasteiger partial charge in [-0.2, -0.15) is 5.26 Å². The number of nitrogens with one attached hydrogen (secondary N) is 1. The predicted molar refractivity (Wildman–Crippen MR) is 106 cm³/mol. The lowest BCUT2D eigenvalue weighted by molar-refractivity contribution is 0.00791. The van der Waals surface area contributed by atoms with Crippen LogP contribution in [0.3, 0.4) is 0 Å². The number of ether oxygens (including phenoxy) is 1. The number of morpholine rings is 1. The van der Waals surface area contributed by atoms with Crippen molar-refractivity contribution in [3.63, 3.8) is 0 Å². The molecular weight excluding hydrogens is 338 g/mol. The van der Waals surface area contributed by atoms with Crippen LogP contribution in [0.2, 0.25) is 0 Å². The topological polar surface area (TPSA) is 74.1 Å². The number of hydrogen-bond donors (Lipinski definition) is 1. The van der Waals surface area contributed by atoms with E-state index in [1.54, 1.807) is 6.33 Å². The second-order valence-corrected chi connectivity index (χ2v) is 7.53. The molecule has 1 saturated heterocycles. The first-order chi connectivity index (χ1) is 13.3. The molecule has 27 heavy (non-hydrogen) atoms. The molecule has 2 aromatic rings. The zero-order valence-electron chi connectivity index (χ0n) is 15.7. The number of hydrogen-bond acceptors (Lipinski definition) is 6. The van der Waals surface area contributed by atoms with Crippen LogP contribution in [0, 0.1) is 11.3 Å². The first-order valence-electron chi connectivity index (χ1n) is 10.0. The molecule has 0 amide bonds. The number of benzene rings is 1. The summed E-state index contributed by atoms with van der Waals surface area (Å²) >= 11 is 0. The fourth-order valence-corrected chi connectivity index (χ4v) is 4.30. The Labute approximate surface area is 160 Å². The molecular formula is C21H27N5O.